The SMILES string of the molecule is Cc1scc(C2=NOCCO2)c1CNC(=O)N1N=[N+](OC(C)C)C(C)C1=O. The Morgan fingerprint density at radius 1 is 1.52 bits per heavy atom. The number of oxime groups is 1. The molecule has 2 aliphatic heterocycles. The van der Waals surface area contributed by atoms with Crippen molar-refractivity contribution in [3.63, 3.8) is 0 Å². The first-order valence-corrected chi connectivity index (χ1v) is 9.46. The molecule has 0 bridgehead atoms. The molecule has 146 valence electrons. The largest absolute Gasteiger partial charge is 0.471 e. The predicted octanol–water partition coefficient (Wildman–Crippen LogP) is 1.92. The number of hydrogen-bond acceptors (Lipinski definition) is 8. The van der Waals surface area contributed by atoms with Crippen LogP contribution >= 0.6 is 11.3 Å². The fourth-order valence-electron chi connectivity index (χ4n) is 2.50. The molecule has 1 atom stereocenters. The summed E-state index contributed by atoms with van der Waals surface area (Å²) in [7, 11) is 0. The minimum atomic E-state index is -0.668. The Kier molecular flexibility index (Phi) is 5.59. The van der Waals surface area contributed by atoms with E-state index in [1.54, 1.807) is 6.92 Å². The number of carbonyl (C=O) groups is 2. The zero-order valence-corrected chi connectivity index (χ0v) is 16.4. The molecule has 0 aliphatic carbocycles. The number of nitrogens with one attached hydrogen (secondary N) is 1. The van der Waals surface area contributed by atoms with Gasteiger partial charge in [0.15, 0.2) is 6.61 Å². The molecule has 0 saturated heterocycles. The lowest BCUT2D eigenvalue weighted by molar-refractivity contribution is -0.851. The third kappa shape index (κ3) is 4.02. The summed E-state index contributed by atoms with van der Waals surface area (Å²) in [4.78, 5) is 37.4. The number of ether oxygens (including phenoxy) is 1. The van der Waals surface area contributed by atoms with Gasteiger partial charge < -0.3 is 19.7 Å². The second-order valence-corrected chi connectivity index (χ2v) is 7.38. The highest BCUT2D eigenvalue weighted by Gasteiger charge is 2.47. The quantitative estimate of drug-likeness (QED) is 0.766. The summed E-state index contributed by atoms with van der Waals surface area (Å²) in [6.45, 7) is 8.22. The molecule has 3 amide bonds. The molecule has 0 radical (unpaired) electrons. The highest BCUT2D eigenvalue weighted by Crippen LogP contribution is 2.24. The minimum Gasteiger partial charge on any atom is -0.471 e. The first-order chi connectivity index (χ1) is 12.9. The van der Waals surface area contributed by atoms with E-state index in [1.165, 1.54) is 11.3 Å². The zero-order chi connectivity index (χ0) is 19.6. The van der Waals surface area contributed by atoms with Gasteiger partial charge in [-0.05, 0) is 43.4 Å². The van der Waals surface area contributed by atoms with Crippen LogP contribution in [0.25, 0.3) is 0 Å². The van der Waals surface area contributed by atoms with E-state index in [2.05, 4.69) is 15.7 Å². The Hall–Kier alpha value is -2.69. The van der Waals surface area contributed by atoms with Gasteiger partial charge in [-0.15, -0.1) is 11.3 Å². The normalized spacial score (nSPS) is 19.4. The number of rotatable bonds is 5. The van der Waals surface area contributed by atoms with Crippen molar-refractivity contribution in [1.82, 2.24) is 10.3 Å². The van der Waals surface area contributed by atoms with E-state index in [0.29, 0.717) is 19.1 Å². The van der Waals surface area contributed by atoms with Crippen LogP contribution in [-0.2, 0) is 25.8 Å². The maximum atomic E-state index is 12.5. The van der Waals surface area contributed by atoms with E-state index < -0.39 is 18.0 Å². The van der Waals surface area contributed by atoms with Crippen LogP contribution in [0, 0.1) is 6.92 Å². The van der Waals surface area contributed by atoms with E-state index in [9.17, 15) is 9.59 Å². The molecular weight excluding hydrogens is 374 g/mol. The van der Waals surface area contributed by atoms with Crippen LogP contribution in [0.5, 0.6) is 0 Å². The number of hydroxylamine groups is 1. The monoisotopic (exact) mass is 396 g/mol. The summed E-state index contributed by atoms with van der Waals surface area (Å²) < 4.78 is 5.52. The van der Waals surface area contributed by atoms with Crippen molar-refractivity contribution in [2.75, 3.05) is 13.2 Å². The van der Waals surface area contributed by atoms with Crippen molar-refractivity contribution in [3.05, 3.63) is 21.4 Å². The summed E-state index contributed by atoms with van der Waals surface area (Å²) in [5, 5.41) is 13.3. The van der Waals surface area contributed by atoms with E-state index in [-0.39, 0.29) is 12.6 Å². The van der Waals surface area contributed by atoms with E-state index >= 15 is 0 Å². The van der Waals surface area contributed by atoms with Crippen LogP contribution in [0.15, 0.2) is 15.8 Å². The minimum absolute atomic E-state index is 0.165. The molecule has 0 saturated carbocycles. The van der Waals surface area contributed by atoms with Gasteiger partial charge in [0.05, 0.1) is 5.56 Å². The molecule has 1 N–H and O–H groups in total. The maximum Gasteiger partial charge on any atom is 0.437 e. The Bertz CT molecular complexity index is 803. The lowest BCUT2D eigenvalue weighted by Gasteiger charge is -2.14. The number of hydrogen-bond donors (Lipinski definition) is 1. The Morgan fingerprint density at radius 2 is 2.30 bits per heavy atom. The number of imide groups is 1. The molecule has 27 heavy (non-hydrogen) atoms. The molecule has 1 unspecified atom stereocenters. The molecule has 3 heterocycles. The topological polar surface area (TPSA) is 105 Å². The van der Waals surface area contributed by atoms with Gasteiger partial charge in [0, 0.05) is 21.7 Å². The van der Waals surface area contributed by atoms with Gasteiger partial charge >= 0.3 is 11.9 Å². The van der Waals surface area contributed by atoms with Gasteiger partial charge in [0.25, 0.3) is 11.9 Å². The summed E-state index contributed by atoms with van der Waals surface area (Å²) in [5.74, 6) is -0.0641. The lowest BCUT2D eigenvalue weighted by atomic mass is 10.1. The Morgan fingerprint density at radius 3 is 2.96 bits per heavy atom. The third-order valence-electron chi connectivity index (χ3n) is 3.90. The highest BCUT2D eigenvalue weighted by molar-refractivity contribution is 7.10. The average Bonchev–Trinajstić information content (AvgIpc) is 3.15. The number of aryl methyl sites for hydroxylation is 1. The van der Waals surface area contributed by atoms with Crippen molar-refractivity contribution >= 4 is 29.2 Å². The van der Waals surface area contributed by atoms with Crippen molar-refractivity contribution < 1.29 is 28.9 Å². The molecule has 11 heteroatoms. The standard InChI is InChI=1S/C16H21N5O5S/c1-9(2)26-21-10(3)15(22)20(19-21)16(23)17-7-12-11(4)27-8-13(12)14-18-25-6-5-24-14/h8-10H,5-7H2,1-4H3/p+1. The molecule has 3 rings (SSSR count). The van der Waals surface area contributed by atoms with Crippen LogP contribution in [0.2, 0.25) is 0 Å². The molecule has 0 fully saturated rings. The highest BCUT2D eigenvalue weighted by atomic mass is 32.1. The van der Waals surface area contributed by atoms with Gasteiger partial charge in [-0.3, -0.25) is 0 Å². The van der Waals surface area contributed by atoms with Crippen molar-refractivity contribution in [3.8, 4) is 0 Å². The number of amides is 3. The van der Waals surface area contributed by atoms with Crippen LogP contribution in [0.4, 0.5) is 4.79 Å². The van der Waals surface area contributed by atoms with Crippen LogP contribution < -0.4 is 5.32 Å². The second kappa shape index (κ2) is 7.91. The smallest absolute Gasteiger partial charge is 0.437 e. The maximum absolute atomic E-state index is 12.5. The van der Waals surface area contributed by atoms with Crippen LogP contribution in [0.3, 0.4) is 0 Å². The molecule has 0 spiro atoms. The second-order valence-electron chi connectivity index (χ2n) is 6.29. The number of thiophene rings is 1. The fraction of sp³-hybridized carbons (Fsp3) is 0.562. The van der Waals surface area contributed by atoms with Crippen molar-refractivity contribution in [2.24, 2.45) is 10.4 Å². The summed E-state index contributed by atoms with van der Waals surface area (Å²) in [6.07, 6.45) is -0.165. The van der Waals surface area contributed by atoms with E-state index in [1.807, 2.05) is 26.2 Å². The van der Waals surface area contributed by atoms with Crippen molar-refractivity contribution in [1.29, 1.82) is 0 Å². The van der Waals surface area contributed by atoms with E-state index in [4.69, 9.17) is 14.4 Å². The Labute approximate surface area is 160 Å². The molecule has 2 aliphatic rings. The van der Waals surface area contributed by atoms with Gasteiger partial charge in [-0.2, -0.15) is 0 Å². The molecule has 1 aromatic rings. The zero-order valence-electron chi connectivity index (χ0n) is 15.6. The Balaban J connectivity index is 1.70. The average molecular weight is 396 g/mol. The molecule has 0 aromatic carbocycles. The molecule has 1 aromatic heterocycles. The van der Waals surface area contributed by atoms with Crippen LogP contribution in [0.1, 0.15) is 36.8 Å². The first-order valence-electron chi connectivity index (χ1n) is 8.58. The van der Waals surface area contributed by atoms with Gasteiger partial charge in [-0.1, -0.05) is 0 Å². The van der Waals surface area contributed by atoms with E-state index in [0.717, 1.165) is 25.9 Å². The van der Waals surface area contributed by atoms with Gasteiger partial charge in [0.1, 0.15) is 17.9 Å². The number of carbonyl (C=O) groups excluding carboxylic acids is 2. The first kappa shape index (κ1) is 19.1. The molecular formula is C16H22N5O5S+. The third-order valence-corrected chi connectivity index (χ3v) is 4.85. The fourth-order valence-corrected chi connectivity index (χ4v) is 3.36. The van der Waals surface area contributed by atoms with Crippen LogP contribution in [-0.4, -0.2) is 53.1 Å². The lowest BCUT2D eigenvalue weighted by Crippen LogP contribution is -2.41. The summed E-state index contributed by atoms with van der Waals surface area (Å²) in [5.41, 5.74) is 1.62. The summed E-state index contributed by atoms with van der Waals surface area (Å²) in [6, 6.07) is -1.29. The summed E-state index contributed by atoms with van der Waals surface area (Å²) >= 11 is 1.52. The number of nitrogens with zero attached hydrogens (tertiary/aromatic N) is 4. The molecule has 10 nitrogen and oxygen atoms in total. The van der Waals surface area contributed by atoms with Gasteiger partial charge in [-0.25, -0.2) is 9.59 Å². The predicted molar refractivity (Wildman–Crippen MR) is 95.0 cm³/mol. The van der Waals surface area contributed by atoms with Crippen molar-refractivity contribution in [2.45, 2.75) is 46.4 Å². The van der Waals surface area contributed by atoms with Gasteiger partial charge in [0.2, 0.25) is 0 Å². The number of urea groups is 1.